The van der Waals surface area contributed by atoms with Crippen LogP contribution in [0.2, 0.25) is 5.02 Å². The predicted octanol–water partition coefficient (Wildman–Crippen LogP) is 2.20. The molecular formula is C17H25ClN4O3S. The molecule has 144 valence electrons. The van der Waals surface area contributed by atoms with Crippen LogP contribution in [0, 0.1) is 0 Å². The molecule has 3 rings (SSSR count). The Hall–Kier alpha value is -1.38. The third-order valence-electron chi connectivity index (χ3n) is 5.00. The van der Waals surface area contributed by atoms with Gasteiger partial charge in [0.25, 0.3) is 5.91 Å². The van der Waals surface area contributed by atoms with Crippen LogP contribution in [0.25, 0.3) is 0 Å². The summed E-state index contributed by atoms with van der Waals surface area (Å²) in [7, 11) is -3.13. The molecule has 9 heteroatoms. The second kappa shape index (κ2) is 8.10. The van der Waals surface area contributed by atoms with Gasteiger partial charge >= 0.3 is 0 Å². The SMILES string of the molecule is CS(=O)(=O)N1CCC(Nc2ncc(C(=O)N3CCCCC3)cc2Cl)CC1. The average molecular weight is 401 g/mol. The topological polar surface area (TPSA) is 82.6 Å². The van der Waals surface area contributed by atoms with E-state index in [1.165, 1.54) is 17.0 Å². The number of carbonyl (C=O) groups excluding carboxylic acids is 1. The summed E-state index contributed by atoms with van der Waals surface area (Å²) in [6.07, 6.45) is 7.44. The van der Waals surface area contributed by atoms with Crippen molar-refractivity contribution in [3.8, 4) is 0 Å². The Morgan fingerprint density at radius 3 is 2.42 bits per heavy atom. The molecule has 0 spiro atoms. The zero-order valence-electron chi connectivity index (χ0n) is 14.9. The number of halogens is 1. The van der Waals surface area contributed by atoms with Gasteiger partial charge in [0.1, 0.15) is 5.82 Å². The molecule has 1 aromatic heterocycles. The first-order chi connectivity index (χ1) is 12.3. The summed E-state index contributed by atoms with van der Waals surface area (Å²) in [4.78, 5) is 18.7. The van der Waals surface area contributed by atoms with Crippen molar-refractivity contribution >= 4 is 33.3 Å². The number of nitrogens with one attached hydrogen (secondary N) is 1. The Balaban J connectivity index is 1.61. The minimum absolute atomic E-state index is 0.0212. The average Bonchev–Trinajstić information content (AvgIpc) is 2.63. The number of rotatable bonds is 4. The van der Waals surface area contributed by atoms with Gasteiger partial charge in [-0.3, -0.25) is 4.79 Å². The summed E-state index contributed by atoms with van der Waals surface area (Å²) in [6.45, 7) is 2.55. The van der Waals surface area contributed by atoms with Crippen LogP contribution in [0.15, 0.2) is 12.3 Å². The van der Waals surface area contributed by atoms with Gasteiger partial charge in [0.2, 0.25) is 10.0 Å². The fourth-order valence-corrected chi connectivity index (χ4v) is 4.56. The highest BCUT2D eigenvalue weighted by Crippen LogP contribution is 2.25. The number of pyridine rings is 1. The molecule has 2 saturated heterocycles. The summed E-state index contributed by atoms with van der Waals surface area (Å²) in [5.41, 5.74) is 0.509. The maximum Gasteiger partial charge on any atom is 0.255 e. The molecule has 2 aliphatic rings. The Morgan fingerprint density at radius 1 is 1.19 bits per heavy atom. The number of hydrogen-bond donors (Lipinski definition) is 1. The van der Waals surface area contributed by atoms with E-state index in [9.17, 15) is 13.2 Å². The number of nitrogens with zero attached hydrogens (tertiary/aromatic N) is 3. The van der Waals surface area contributed by atoms with Crippen molar-refractivity contribution in [2.75, 3.05) is 37.8 Å². The van der Waals surface area contributed by atoms with Crippen LogP contribution in [0.1, 0.15) is 42.5 Å². The molecule has 1 aromatic rings. The van der Waals surface area contributed by atoms with Crippen LogP contribution in [-0.4, -0.2) is 67.0 Å². The number of sulfonamides is 1. The molecule has 0 aliphatic carbocycles. The van der Waals surface area contributed by atoms with Crippen molar-refractivity contribution < 1.29 is 13.2 Å². The lowest BCUT2D eigenvalue weighted by atomic mass is 10.1. The number of piperidine rings is 2. The van der Waals surface area contributed by atoms with Crippen molar-refractivity contribution in [2.45, 2.75) is 38.1 Å². The monoisotopic (exact) mass is 400 g/mol. The number of hydrogen-bond acceptors (Lipinski definition) is 5. The minimum atomic E-state index is -3.13. The second-order valence-electron chi connectivity index (χ2n) is 6.99. The highest BCUT2D eigenvalue weighted by Gasteiger charge is 2.26. The Kier molecular flexibility index (Phi) is 6.04. The maximum atomic E-state index is 12.5. The first kappa shape index (κ1) is 19.4. The highest BCUT2D eigenvalue weighted by molar-refractivity contribution is 7.88. The summed E-state index contributed by atoms with van der Waals surface area (Å²) in [6, 6.07) is 1.78. The minimum Gasteiger partial charge on any atom is -0.366 e. The number of likely N-dealkylation sites (tertiary alicyclic amines) is 1. The summed E-state index contributed by atoms with van der Waals surface area (Å²) in [5, 5.41) is 3.69. The van der Waals surface area contributed by atoms with Crippen LogP contribution in [0.5, 0.6) is 0 Å². The molecule has 3 heterocycles. The van der Waals surface area contributed by atoms with Gasteiger partial charge in [-0.25, -0.2) is 17.7 Å². The van der Waals surface area contributed by atoms with Crippen LogP contribution in [0.3, 0.4) is 0 Å². The van der Waals surface area contributed by atoms with Gasteiger partial charge in [0, 0.05) is 38.4 Å². The van der Waals surface area contributed by atoms with E-state index in [1.807, 2.05) is 4.90 Å². The summed E-state index contributed by atoms with van der Waals surface area (Å²) >= 11 is 6.33. The third kappa shape index (κ3) is 4.66. The normalized spacial score (nSPS) is 20.2. The summed E-state index contributed by atoms with van der Waals surface area (Å²) in [5.74, 6) is 0.520. The van der Waals surface area contributed by atoms with E-state index in [1.54, 1.807) is 12.3 Å². The third-order valence-corrected chi connectivity index (χ3v) is 6.59. The number of carbonyl (C=O) groups is 1. The molecule has 0 bridgehead atoms. The highest BCUT2D eigenvalue weighted by atomic mass is 35.5. The number of aromatic nitrogens is 1. The van der Waals surface area contributed by atoms with Crippen LogP contribution in [0.4, 0.5) is 5.82 Å². The zero-order chi connectivity index (χ0) is 18.7. The molecular weight excluding hydrogens is 376 g/mol. The molecule has 2 aliphatic heterocycles. The zero-order valence-corrected chi connectivity index (χ0v) is 16.5. The first-order valence-corrected chi connectivity index (χ1v) is 11.2. The van der Waals surface area contributed by atoms with Crippen LogP contribution < -0.4 is 5.32 Å². The van der Waals surface area contributed by atoms with E-state index < -0.39 is 10.0 Å². The number of anilines is 1. The standard InChI is InChI=1S/C17H25ClN4O3S/c1-26(24,25)22-9-5-14(6-10-22)20-16-15(18)11-13(12-19-16)17(23)21-7-3-2-4-8-21/h11-12,14H,2-10H2,1H3,(H,19,20). The van der Waals surface area contributed by atoms with E-state index in [4.69, 9.17) is 11.6 Å². The first-order valence-electron chi connectivity index (χ1n) is 9.01. The van der Waals surface area contributed by atoms with Crippen molar-refractivity contribution in [3.63, 3.8) is 0 Å². The lowest BCUT2D eigenvalue weighted by Gasteiger charge is -2.31. The lowest BCUT2D eigenvalue weighted by molar-refractivity contribution is 0.0724. The summed E-state index contributed by atoms with van der Waals surface area (Å²) < 4.78 is 24.6. The molecule has 0 saturated carbocycles. The second-order valence-corrected chi connectivity index (χ2v) is 9.38. The Labute approximate surface area is 159 Å². The van der Waals surface area contributed by atoms with Gasteiger partial charge in [0.15, 0.2) is 0 Å². The van der Waals surface area contributed by atoms with Gasteiger partial charge < -0.3 is 10.2 Å². The molecule has 7 nitrogen and oxygen atoms in total. The van der Waals surface area contributed by atoms with E-state index in [0.717, 1.165) is 25.9 Å². The van der Waals surface area contributed by atoms with Crippen molar-refractivity contribution in [1.29, 1.82) is 0 Å². The van der Waals surface area contributed by atoms with Crippen LogP contribution in [-0.2, 0) is 10.0 Å². The van der Waals surface area contributed by atoms with Gasteiger partial charge in [-0.15, -0.1) is 0 Å². The fourth-order valence-electron chi connectivity index (χ4n) is 3.47. The van der Waals surface area contributed by atoms with E-state index in [-0.39, 0.29) is 11.9 Å². The quantitative estimate of drug-likeness (QED) is 0.837. The van der Waals surface area contributed by atoms with E-state index >= 15 is 0 Å². The fraction of sp³-hybridized carbons (Fsp3) is 0.647. The predicted molar refractivity (Wildman–Crippen MR) is 102 cm³/mol. The molecule has 1 amide bonds. The lowest BCUT2D eigenvalue weighted by Crippen LogP contribution is -2.42. The van der Waals surface area contributed by atoms with Crippen molar-refractivity contribution in [2.24, 2.45) is 0 Å². The maximum absolute atomic E-state index is 12.5. The molecule has 0 unspecified atom stereocenters. The molecule has 1 N–H and O–H groups in total. The number of amides is 1. The van der Waals surface area contributed by atoms with Gasteiger partial charge in [0.05, 0.1) is 16.8 Å². The largest absolute Gasteiger partial charge is 0.366 e. The molecule has 2 fully saturated rings. The van der Waals surface area contributed by atoms with Gasteiger partial charge in [-0.2, -0.15) is 0 Å². The molecule has 0 radical (unpaired) electrons. The van der Waals surface area contributed by atoms with Crippen molar-refractivity contribution in [3.05, 3.63) is 22.8 Å². The smallest absolute Gasteiger partial charge is 0.255 e. The van der Waals surface area contributed by atoms with E-state index in [0.29, 0.717) is 42.3 Å². The molecule has 26 heavy (non-hydrogen) atoms. The van der Waals surface area contributed by atoms with Gasteiger partial charge in [-0.05, 0) is 38.2 Å². The van der Waals surface area contributed by atoms with Gasteiger partial charge in [-0.1, -0.05) is 11.6 Å². The van der Waals surface area contributed by atoms with Crippen LogP contribution >= 0.6 is 11.6 Å². The Morgan fingerprint density at radius 2 is 1.85 bits per heavy atom. The van der Waals surface area contributed by atoms with Crippen molar-refractivity contribution in [1.82, 2.24) is 14.2 Å². The molecule has 0 atom stereocenters. The van der Waals surface area contributed by atoms with E-state index in [2.05, 4.69) is 10.3 Å². The Bertz CT molecular complexity index is 757. The molecule has 0 aromatic carbocycles.